The second kappa shape index (κ2) is 8.87. The summed E-state index contributed by atoms with van der Waals surface area (Å²) >= 11 is 0. The Morgan fingerprint density at radius 1 is 0.923 bits per heavy atom. The van der Waals surface area contributed by atoms with E-state index in [0.717, 1.165) is 65.4 Å². The van der Waals surface area contributed by atoms with Crippen molar-refractivity contribution >= 4 is 11.6 Å². The fourth-order valence-electron chi connectivity index (χ4n) is 4.02. The van der Waals surface area contributed by atoms with Crippen LogP contribution in [0.3, 0.4) is 0 Å². The van der Waals surface area contributed by atoms with Gasteiger partial charge in [-0.25, -0.2) is 0 Å². The van der Waals surface area contributed by atoms with Gasteiger partial charge in [-0.15, -0.1) is 0 Å². The lowest BCUT2D eigenvalue weighted by Crippen LogP contribution is -2.50. The lowest BCUT2D eigenvalue weighted by atomic mass is 10.1. The zero-order valence-corrected chi connectivity index (χ0v) is 16.7. The van der Waals surface area contributed by atoms with E-state index in [-0.39, 0.29) is 0 Å². The van der Waals surface area contributed by atoms with Crippen LogP contribution in [0.4, 0.5) is 5.69 Å². The zero-order chi connectivity index (χ0) is 18.5. The van der Waals surface area contributed by atoms with Crippen molar-refractivity contribution in [1.82, 2.24) is 14.7 Å². The first kappa shape index (κ1) is 19.2. The summed E-state index contributed by atoms with van der Waals surface area (Å²) in [5.41, 5.74) is 4.02. The lowest BCUT2D eigenvalue weighted by Gasteiger charge is -2.38. The van der Waals surface area contributed by atoms with Gasteiger partial charge in [-0.05, 0) is 37.6 Å². The quantitative estimate of drug-likeness (QED) is 0.805. The molecule has 0 saturated carbocycles. The molecule has 0 aromatic heterocycles. The molecule has 0 bridgehead atoms. The Bertz CT molecular complexity index is 602. The zero-order valence-electron chi connectivity index (χ0n) is 16.7. The van der Waals surface area contributed by atoms with Gasteiger partial charge in [0.25, 0.3) is 0 Å². The van der Waals surface area contributed by atoms with Crippen molar-refractivity contribution in [1.29, 1.82) is 0 Å². The van der Waals surface area contributed by atoms with Crippen LogP contribution in [-0.2, 0) is 4.79 Å². The fraction of sp³-hybridized carbons (Fsp3) is 0.667. The first-order valence-electron chi connectivity index (χ1n) is 10.1. The standard InChI is InChI=1S/C21H34N4O/c1-4-22-10-12-23(13-11-22)9-8-21(26)25-16-14-24(15-17-25)20-7-5-6-18(2)19(20)3/h5-7H,4,8-17H2,1-3H3. The van der Waals surface area contributed by atoms with Crippen molar-refractivity contribution in [3.8, 4) is 0 Å². The number of hydrogen-bond donors (Lipinski definition) is 0. The largest absolute Gasteiger partial charge is 0.368 e. The van der Waals surface area contributed by atoms with Crippen molar-refractivity contribution in [3.63, 3.8) is 0 Å². The Labute approximate surface area is 158 Å². The molecule has 5 nitrogen and oxygen atoms in total. The molecule has 2 saturated heterocycles. The van der Waals surface area contributed by atoms with Crippen molar-refractivity contribution < 1.29 is 4.79 Å². The Morgan fingerprint density at radius 3 is 2.23 bits per heavy atom. The van der Waals surface area contributed by atoms with E-state index in [4.69, 9.17) is 0 Å². The number of aryl methyl sites for hydroxylation is 1. The predicted octanol–water partition coefficient (Wildman–Crippen LogP) is 1.98. The smallest absolute Gasteiger partial charge is 0.223 e. The van der Waals surface area contributed by atoms with Crippen molar-refractivity contribution in [2.75, 3.05) is 70.3 Å². The fourth-order valence-corrected chi connectivity index (χ4v) is 4.02. The Hall–Kier alpha value is -1.59. The van der Waals surface area contributed by atoms with Gasteiger partial charge in [0.2, 0.25) is 5.91 Å². The minimum Gasteiger partial charge on any atom is -0.368 e. The number of carbonyl (C=O) groups excluding carboxylic acids is 1. The van der Waals surface area contributed by atoms with E-state index < -0.39 is 0 Å². The summed E-state index contributed by atoms with van der Waals surface area (Å²) in [4.78, 5) is 22.0. The van der Waals surface area contributed by atoms with E-state index in [0.29, 0.717) is 12.3 Å². The van der Waals surface area contributed by atoms with E-state index in [2.05, 4.69) is 58.6 Å². The van der Waals surface area contributed by atoms with E-state index in [9.17, 15) is 4.79 Å². The van der Waals surface area contributed by atoms with Crippen LogP contribution in [0.25, 0.3) is 0 Å². The second-order valence-electron chi connectivity index (χ2n) is 7.61. The molecule has 2 heterocycles. The summed E-state index contributed by atoms with van der Waals surface area (Å²) in [7, 11) is 0. The van der Waals surface area contributed by atoms with Gasteiger partial charge in [0.05, 0.1) is 0 Å². The van der Waals surface area contributed by atoms with Crippen LogP contribution in [0.2, 0.25) is 0 Å². The first-order chi connectivity index (χ1) is 12.6. The van der Waals surface area contributed by atoms with Crippen LogP contribution in [0.5, 0.6) is 0 Å². The molecule has 0 N–H and O–H groups in total. The number of piperazine rings is 2. The number of nitrogens with zero attached hydrogens (tertiary/aromatic N) is 4. The van der Waals surface area contributed by atoms with Crippen LogP contribution >= 0.6 is 0 Å². The molecule has 1 aromatic carbocycles. The third-order valence-corrected chi connectivity index (χ3v) is 6.10. The molecular weight excluding hydrogens is 324 g/mol. The molecule has 2 aliphatic rings. The number of amides is 1. The molecule has 1 amide bonds. The molecule has 5 heteroatoms. The Kier molecular flexibility index (Phi) is 6.54. The van der Waals surface area contributed by atoms with Crippen molar-refractivity contribution in [3.05, 3.63) is 29.3 Å². The van der Waals surface area contributed by atoms with Gasteiger partial charge in [0.1, 0.15) is 0 Å². The summed E-state index contributed by atoms with van der Waals surface area (Å²) in [5.74, 6) is 0.323. The van der Waals surface area contributed by atoms with Crippen molar-refractivity contribution in [2.24, 2.45) is 0 Å². The number of anilines is 1. The molecule has 1 aromatic rings. The molecular formula is C21H34N4O. The molecule has 0 unspecified atom stereocenters. The maximum absolute atomic E-state index is 12.6. The predicted molar refractivity (Wildman–Crippen MR) is 108 cm³/mol. The second-order valence-corrected chi connectivity index (χ2v) is 7.61. The number of likely N-dealkylation sites (N-methyl/N-ethyl adjacent to an activating group) is 1. The maximum atomic E-state index is 12.6. The van der Waals surface area contributed by atoms with E-state index in [1.807, 2.05) is 0 Å². The number of rotatable bonds is 5. The van der Waals surface area contributed by atoms with Crippen LogP contribution in [0.1, 0.15) is 24.5 Å². The van der Waals surface area contributed by atoms with Gasteiger partial charge >= 0.3 is 0 Å². The van der Waals surface area contributed by atoms with Gasteiger partial charge in [0.15, 0.2) is 0 Å². The minimum absolute atomic E-state index is 0.323. The third-order valence-electron chi connectivity index (χ3n) is 6.10. The van der Waals surface area contributed by atoms with Gasteiger partial charge in [-0.1, -0.05) is 19.1 Å². The highest BCUT2D eigenvalue weighted by Gasteiger charge is 2.23. The molecule has 26 heavy (non-hydrogen) atoms. The molecule has 0 spiro atoms. The number of hydrogen-bond acceptors (Lipinski definition) is 4. The highest BCUT2D eigenvalue weighted by Crippen LogP contribution is 2.24. The summed E-state index contributed by atoms with van der Waals surface area (Å²) in [6.45, 7) is 16.7. The monoisotopic (exact) mass is 358 g/mol. The molecule has 2 aliphatic heterocycles. The topological polar surface area (TPSA) is 30.0 Å². The minimum atomic E-state index is 0.323. The first-order valence-corrected chi connectivity index (χ1v) is 10.1. The van der Waals surface area contributed by atoms with E-state index in [1.165, 1.54) is 16.8 Å². The molecule has 0 atom stereocenters. The Morgan fingerprint density at radius 2 is 1.58 bits per heavy atom. The third kappa shape index (κ3) is 4.57. The summed E-state index contributed by atoms with van der Waals surface area (Å²) in [6, 6.07) is 6.50. The molecule has 2 fully saturated rings. The van der Waals surface area contributed by atoms with E-state index in [1.54, 1.807) is 0 Å². The van der Waals surface area contributed by atoms with Crippen LogP contribution < -0.4 is 4.90 Å². The van der Waals surface area contributed by atoms with Crippen LogP contribution in [0, 0.1) is 13.8 Å². The summed E-state index contributed by atoms with van der Waals surface area (Å²) < 4.78 is 0. The SMILES string of the molecule is CCN1CCN(CCC(=O)N2CCN(c3cccc(C)c3C)CC2)CC1. The van der Waals surface area contributed by atoms with Gasteiger partial charge < -0.3 is 19.6 Å². The van der Waals surface area contributed by atoms with Crippen molar-refractivity contribution in [2.45, 2.75) is 27.2 Å². The average molecular weight is 359 g/mol. The molecule has 144 valence electrons. The highest BCUT2D eigenvalue weighted by molar-refractivity contribution is 5.76. The summed E-state index contributed by atoms with van der Waals surface area (Å²) in [5, 5.41) is 0. The lowest BCUT2D eigenvalue weighted by molar-refractivity contribution is -0.131. The normalized spacial score (nSPS) is 19.8. The number of benzene rings is 1. The maximum Gasteiger partial charge on any atom is 0.223 e. The van der Waals surface area contributed by atoms with Gasteiger partial charge in [-0.2, -0.15) is 0 Å². The number of carbonyl (C=O) groups is 1. The highest BCUT2D eigenvalue weighted by atomic mass is 16.2. The Balaban J connectivity index is 1.43. The van der Waals surface area contributed by atoms with Gasteiger partial charge in [0, 0.05) is 71.0 Å². The summed E-state index contributed by atoms with van der Waals surface area (Å²) in [6.07, 6.45) is 0.662. The average Bonchev–Trinajstić information content (AvgIpc) is 2.69. The van der Waals surface area contributed by atoms with Crippen LogP contribution in [-0.4, -0.2) is 86.1 Å². The molecule has 0 aliphatic carbocycles. The van der Waals surface area contributed by atoms with Crippen LogP contribution in [0.15, 0.2) is 18.2 Å². The molecule has 3 rings (SSSR count). The molecule has 0 radical (unpaired) electrons. The van der Waals surface area contributed by atoms with E-state index >= 15 is 0 Å². The van der Waals surface area contributed by atoms with Gasteiger partial charge in [-0.3, -0.25) is 4.79 Å².